The number of piperidine rings is 1. The molecule has 6 nitrogen and oxygen atoms in total. The SMILES string of the molecule is CN(C)C(=O)C1CCCN(c2nc(Nc3ccc(Cl)c(Cl)c3)ncc2C(F)(F)F)C1. The van der Waals surface area contributed by atoms with Crippen LogP contribution in [0.15, 0.2) is 24.4 Å². The van der Waals surface area contributed by atoms with Gasteiger partial charge in [0.05, 0.1) is 16.0 Å². The topological polar surface area (TPSA) is 61.4 Å². The molecule has 0 spiro atoms. The van der Waals surface area contributed by atoms with E-state index in [0.717, 1.165) is 6.20 Å². The van der Waals surface area contributed by atoms with Gasteiger partial charge in [0.15, 0.2) is 0 Å². The summed E-state index contributed by atoms with van der Waals surface area (Å²) in [7, 11) is 3.26. The van der Waals surface area contributed by atoms with Gasteiger partial charge in [-0.05, 0) is 31.0 Å². The van der Waals surface area contributed by atoms with Crippen LogP contribution in [0.4, 0.5) is 30.6 Å². The fourth-order valence-electron chi connectivity index (χ4n) is 3.31. The maximum absolute atomic E-state index is 13.6. The third-order valence-corrected chi connectivity index (χ3v) is 5.50. The van der Waals surface area contributed by atoms with E-state index in [-0.39, 0.29) is 29.2 Å². The maximum atomic E-state index is 13.6. The fraction of sp³-hybridized carbons (Fsp3) is 0.421. The van der Waals surface area contributed by atoms with E-state index in [1.165, 1.54) is 15.9 Å². The standard InChI is InChI=1S/C19H20Cl2F3N5O/c1-28(2)17(30)11-4-3-7-29(10-11)16-13(19(22,23)24)9-25-18(27-16)26-12-5-6-14(20)15(21)8-12/h5-6,8-9,11H,3-4,7,10H2,1-2H3,(H,25,26,27). The molecular weight excluding hydrogens is 442 g/mol. The highest BCUT2D eigenvalue weighted by molar-refractivity contribution is 6.42. The fourth-order valence-corrected chi connectivity index (χ4v) is 3.61. The van der Waals surface area contributed by atoms with E-state index < -0.39 is 17.7 Å². The molecule has 1 atom stereocenters. The van der Waals surface area contributed by atoms with Crippen molar-refractivity contribution in [2.75, 3.05) is 37.4 Å². The molecule has 11 heteroatoms. The summed E-state index contributed by atoms with van der Waals surface area (Å²) in [5.41, 5.74) is -0.463. The molecule has 1 aliphatic heterocycles. The number of alkyl halides is 3. The van der Waals surface area contributed by atoms with E-state index >= 15 is 0 Å². The molecule has 1 aliphatic rings. The average Bonchev–Trinajstić information content (AvgIpc) is 2.69. The highest BCUT2D eigenvalue weighted by atomic mass is 35.5. The summed E-state index contributed by atoms with van der Waals surface area (Å²) in [4.78, 5) is 23.2. The molecule has 2 heterocycles. The Hall–Kier alpha value is -2.26. The lowest BCUT2D eigenvalue weighted by molar-refractivity contribution is -0.137. The second kappa shape index (κ2) is 8.85. The Morgan fingerprint density at radius 2 is 2.00 bits per heavy atom. The van der Waals surface area contributed by atoms with Crippen molar-refractivity contribution in [3.8, 4) is 0 Å². The van der Waals surface area contributed by atoms with Crippen LogP contribution in [0.2, 0.25) is 10.0 Å². The summed E-state index contributed by atoms with van der Waals surface area (Å²) >= 11 is 11.9. The van der Waals surface area contributed by atoms with Gasteiger partial charge in [0.25, 0.3) is 0 Å². The molecule has 1 unspecified atom stereocenters. The highest BCUT2D eigenvalue weighted by Gasteiger charge is 2.38. The number of carbonyl (C=O) groups is 1. The first-order valence-corrected chi connectivity index (χ1v) is 9.94. The van der Waals surface area contributed by atoms with Gasteiger partial charge in [0, 0.05) is 39.1 Å². The molecule has 1 amide bonds. The number of amides is 1. The lowest BCUT2D eigenvalue weighted by Crippen LogP contribution is -2.43. The molecule has 2 aromatic rings. The van der Waals surface area contributed by atoms with E-state index in [1.807, 2.05) is 0 Å². The number of nitrogens with one attached hydrogen (secondary N) is 1. The van der Waals surface area contributed by atoms with Crippen LogP contribution in [-0.2, 0) is 11.0 Å². The zero-order chi connectivity index (χ0) is 22.1. The number of halogens is 5. The second-order valence-corrected chi connectivity index (χ2v) is 8.01. The first-order chi connectivity index (χ1) is 14.1. The predicted molar refractivity (Wildman–Crippen MR) is 110 cm³/mol. The summed E-state index contributed by atoms with van der Waals surface area (Å²) in [6, 6.07) is 4.69. The van der Waals surface area contributed by atoms with Gasteiger partial charge in [0.1, 0.15) is 11.4 Å². The van der Waals surface area contributed by atoms with Gasteiger partial charge >= 0.3 is 6.18 Å². The zero-order valence-electron chi connectivity index (χ0n) is 16.3. The first kappa shape index (κ1) is 22.4. The molecule has 30 heavy (non-hydrogen) atoms. The Morgan fingerprint density at radius 1 is 1.27 bits per heavy atom. The number of nitrogens with zero attached hydrogens (tertiary/aromatic N) is 4. The van der Waals surface area contributed by atoms with Crippen molar-refractivity contribution in [3.63, 3.8) is 0 Å². The number of rotatable bonds is 4. The van der Waals surface area contributed by atoms with Gasteiger partial charge in [-0.15, -0.1) is 0 Å². The van der Waals surface area contributed by atoms with Crippen LogP contribution in [0, 0.1) is 5.92 Å². The van der Waals surface area contributed by atoms with Crippen molar-refractivity contribution in [2.24, 2.45) is 5.92 Å². The Kier molecular flexibility index (Phi) is 6.62. The van der Waals surface area contributed by atoms with E-state index in [1.54, 1.807) is 26.2 Å². The second-order valence-electron chi connectivity index (χ2n) is 7.20. The van der Waals surface area contributed by atoms with E-state index in [0.29, 0.717) is 30.1 Å². The number of carbonyl (C=O) groups excluding carboxylic acids is 1. The van der Waals surface area contributed by atoms with E-state index in [9.17, 15) is 18.0 Å². The van der Waals surface area contributed by atoms with Gasteiger partial charge in [-0.25, -0.2) is 4.98 Å². The number of benzene rings is 1. The molecule has 1 saturated heterocycles. The molecule has 0 saturated carbocycles. The molecule has 1 N–H and O–H groups in total. The predicted octanol–water partition coefficient (Wildman–Crippen LogP) is 4.85. The number of hydrogen-bond acceptors (Lipinski definition) is 5. The first-order valence-electron chi connectivity index (χ1n) is 9.18. The lowest BCUT2D eigenvalue weighted by atomic mass is 9.96. The number of aromatic nitrogens is 2. The smallest absolute Gasteiger partial charge is 0.355 e. The Bertz CT molecular complexity index is 939. The monoisotopic (exact) mass is 461 g/mol. The van der Waals surface area contributed by atoms with E-state index in [2.05, 4.69) is 15.3 Å². The van der Waals surface area contributed by atoms with Crippen molar-refractivity contribution in [1.29, 1.82) is 0 Å². The van der Waals surface area contributed by atoms with Crippen molar-refractivity contribution < 1.29 is 18.0 Å². The Balaban J connectivity index is 1.93. The quantitative estimate of drug-likeness (QED) is 0.704. The molecule has 1 fully saturated rings. The molecule has 0 radical (unpaired) electrons. The van der Waals surface area contributed by atoms with Crippen LogP contribution < -0.4 is 10.2 Å². The summed E-state index contributed by atoms with van der Waals surface area (Å²) in [5.74, 6) is -0.776. The van der Waals surface area contributed by atoms with E-state index in [4.69, 9.17) is 23.2 Å². The molecular formula is C19H20Cl2F3N5O. The van der Waals surface area contributed by atoms with Crippen LogP contribution in [0.3, 0.4) is 0 Å². The minimum absolute atomic E-state index is 0.0163. The van der Waals surface area contributed by atoms with Gasteiger partial charge in [-0.2, -0.15) is 18.2 Å². The number of hydrogen-bond donors (Lipinski definition) is 1. The summed E-state index contributed by atoms with van der Waals surface area (Å²) < 4.78 is 40.8. The minimum Gasteiger partial charge on any atom is -0.355 e. The highest BCUT2D eigenvalue weighted by Crippen LogP contribution is 2.37. The van der Waals surface area contributed by atoms with Gasteiger partial charge < -0.3 is 15.1 Å². The van der Waals surface area contributed by atoms with Gasteiger partial charge in [-0.1, -0.05) is 23.2 Å². The van der Waals surface area contributed by atoms with Crippen LogP contribution >= 0.6 is 23.2 Å². The van der Waals surface area contributed by atoms with Crippen LogP contribution in [-0.4, -0.2) is 48.0 Å². The Labute approximate surface area is 182 Å². The van der Waals surface area contributed by atoms with Crippen molar-refractivity contribution in [1.82, 2.24) is 14.9 Å². The van der Waals surface area contributed by atoms with Crippen LogP contribution in [0.1, 0.15) is 18.4 Å². The van der Waals surface area contributed by atoms with Crippen molar-refractivity contribution in [2.45, 2.75) is 19.0 Å². The average molecular weight is 462 g/mol. The normalized spacial score (nSPS) is 17.0. The largest absolute Gasteiger partial charge is 0.421 e. The zero-order valence-corrected chi connectivity index (χ0v) is 17.8. The maximum Gasteiger partial charge on any atom is 0.421 e. The van der Waals surface area contributed by atoms with Crippen molar-refractivity contribution in [3.05, 3.63) is 40.0 Å². The number of anilines is 3. The minimum atomic E-state index is -4.63. The Morgan fingerprint density at radius 3 is 2.63 bits per heavy atom. The third kappa shape index (κ3) is 5.07. The molecule has 0 aliphatic carbocycles. The molecule has 1 aromatic carbocycles. The van der Waals surface area contributed by atoms with Crippen molar-refractivity contribution >= 4 is 46.6 Å². The van der Waals surface area contributed by atoms with Crippen LogP contribution in [0.5, 0.6) is 0 Å². The summed E-state index contributed by atoms with van der Waals surface area (Å²) in [6.45, 7) is 0.521. The summed E-state index contributed by atoms with van der Waals surface area (Å²) in [6.07, 6.45) is -2.68. The molecule has 3 rings (SSSR count). The molecule has 162 valence electrons. The summed E-state index contributed by atoms with van der Waals surface area (Å²) in [5, 5.41) is 3.48. The molecule has 0 bridgehead atoms. The van der Waals surface area contributed by atoms with Gasteiger partial charge in [0.2, 0.25) is 11.9 Å². The molecule has 1 aromatic heterocycles. The lowest BCUT2D eigenvalue weighted by Gasteiger charge is -2.35. The third-order valence-electron chi connectivity index (χ3n) is 4.76. The van der Waals surface area contributed by atoms with Crippen LogP contribution in [0.25, 0.3) is 0 Å². The van der Waals surface area contributed by atoms with Gasteiger partial charge in [-0.3, -0.25) is 4.79 Å².